The number of rotatable bonds is 35. The van der Waals surface area contributed by atoms with Gasteiger partial charge in [0.05, 0.1) is 57.6 Å². The molecule has 3 atom stereocenters. The van der Waals surface area contributed by atoms with Crippen molar-refractivity contribution in [1.29, 1.82) is 0 Å². The number of hydrogen-bond acceptors (Lipinski definition) is 21. The average molecular weight is 1540 g/mol. The van der Waals surface area contributed by atoms with Crippen LogP contribution < -0.4 is 16.0 Å². The van der Waals surface area contributed by atoms with Gasteiger partial charge in [-0.15, -0.1) is 5.06 Å². The minimum atomic E-state index is -1.39. The van der Waals surface area contributed by atoms with Crippen LogP contribution in [0.1, 0.15) is 145 Å². The summed E-state index contributed by atoms with van der Waals surface area (Å²) in [6.07, 6.45) is 6.64. The van der Waals surface area contributed by atoms with Crippen LogP contribution in [-0.4, -0.2) is 189 Å². The van der Waals surface area contributed by atoms with Crippen LogP contribution in [0.4, 0.5) is 4.79 Å². The molecule has 0 radical (unpaired) electrons. The molecule has 25 nitrogen and oxygen atoms in total. The van der Waals surface area contributed by atoms with Gasteiger partial charge in [0.2, 0.25) is 5.91 Å². The topological polar surface area (TPSA) is 338 Å². The third-order valence-electron chi connectivity index (χ3n) is 11.4. The number of esters is 6. The van der Waals surface area contributed by atoms with E-state index in [0.717, 1.165) is 37.9 Å². The van der Waals surface area contributed by atoms with Gasteiger partial charge in [-0.3, -0.25) is 47.9 Å². The van der Waals surface area contributed by atoms with Gasteiger partial charge in [-0.2, -0.15) is 22.8 Å². The van der Waals surface area contributed by atoms with E-state index in [0.29, 0.717) is 43.1 Å². The molecule has 0 aromatic heterocycles. The fourth-order valence-electron chi connectivity index (χ4n) is 6.72. The lowest BCUT2D eigenvalue weighted by Gasteiger charge is -2.16. The average Bonchev–Trinajstić information content (AvgIpc) is 2.72. The number of carboxylic acid groups (broad SMARTS) is 1. The Balaban J connectivity index is 0.00000115. The maximum absolute atomic E-state index is 11.8. The van der Waals surface area contributed by atoms with Gasteiger partial charge < -0.3 is 59.1 Å². The van der Waals surface area contributed by atoms with Crippen molar-refractivity contribution in [2.75, 3.05) is 65.2 Å². The van der Waals surface area contributed by atoms with E-state index < -0.39 is 72.3 Å². The lowest BCUT2D eigenvalue weighted by molar-refractivity contribution is -0.197. The molecule has 0 bridgehead atoms. The minimum absolute atomic E-state index is 0.00190. The van der Waals surface area contributed by atoms with Crippen molar-refractivity contribution < 1.29 is 101 Å². The number of urea groups is 1. The Labute approximate surface area is 547 Å². The van der Waals surface area contributed by atoms with Gasteiger partial charge in [0.25, 0.3) is 11.8 Å². The van der Waals surface area contributed by atoms with E-state index >= 15 is 0 Å². The van der Waals surface area contributed by atoms with Gasteiger partial charge in [0.15, 0.2) is 0 Å². The maximum Gasteiger partial charge on any atom is 0.333 e. The van der Waals surface area contributed by atoms with Crippen LogP contribution in [-0.2, 0) is 90.7 Å². The highest BCUT2D eigenvalue weighted by Crippen LogP contribution is 2.33. The predicted molar refractivity (Wildman–Crippen MR) is 335 cm³/mol. The summed E-state index contributed by atoms with van der Waals surface area (Å²) in [5, 5.41) is 17.9. The molecule has 3 unspecified atom stereocenters. The lowest BCUT2D eigenvalue weighted by atomic mass is 10.0. The molecule has 0 aromatic rings. The number of carbonyl (C=O) groups is 12. The van der Waals surface area contributed by atoms with Crippen molar-refractivity contribution in [2.45, 2.75) is 199 Å². The van der Waals surface area contributed by atoms with Crippen LogP contribution in [0.2, 0.25) is 19.1 Å². The quantitative estimate of drug-likeness (QED) is 0.00682. The number of nitrogens with one attached hydrogen (secondary N) is 3. The third kappa shape index (κ3) is 41.6. The molecule has 86 heavy (non-hydrogen) atoms. The molecule has 0 aromatic carbocycles. The number of nitrogens with zero attached hydrogens (tertiary/aromatic N) is 1. The van der Waals surface area contributed by atoms with Gasteiger partial charge >= 0.3 is 53.8 Å². The SMILES string of the molecule is CC(C)(Br)C(=O)OCCCCCC[Si](C)(C)Cl.CC(C)(Br)C(=O)OCCOC(=O)CCC(=O)O.CC(C)(Br)C(=O)OCCOC(=O)CCC(=O)ON1C(=O)CCC1=O.CC(C)(Br)C(=O)OCCOCCNC(=O)CCCCC1SCC2NC(=O)NC21. The first-order chi connectivity index (χ1) is 39.7. The molecule has 3 rings (SSSR count). The fourth-order valence-corrected chi connectivity index (χ4v) is 10.2. The van der Waals surface area contributed by atoms with Crippen molar-refractivity contribution >= 4 is 165 Å². The van der Waals surface area contributed by atoms with Crippen LogP contribution in [0.25, 0.3) is 0 Å². The monoisotopic (exact) mass is 1540 g/mol. The number of thioether (sulfide) groups is 1. The Morgan fingerprint density at radius 3 is 1.50 bits per heavy atom. The predicted octanol–water partition coefficient (Wildman–Crippen LogP) is 8.01. The fraction of sp³-hybridized carbons (Fsp3) is 0.778. The number of aliphatic carboxylic acids is 1. The first kappa shape index (κ1) is 82.4. The highest BCUT2D eigenvalue weighted by molar-refractivity contribution is 9.10. The van der Waals surface area contributed by atoms with Gasteiger partial charge in [-0.25, -0.2) is 9.59 Å². The summed E-state index contributed by atoms with van der Waals surface area (Å²) >= 11 is 20.9. The normalized spacial score (nSPS) is 16.4. The number of amides is 5. The smallest absolute Gasteiger partial charge is 0.333 e. The van der Waals surface area contributed by atoms with E-state index in [1.807, 2.05) is 11.8 Å². The number of unbranched alkanes of at least 4 members (excludes halogenated alkanes) is 4. The first-order valence-electron chi connectivity index (χ1n) is 28.0. The minimum Gasteiger partial charge on any atom is -0.481 e. The highest BCUT2D eigenvalue weighted by atomic mass is 79.9. The largest absolute Gasteiger partial charge is 0.481 e. The Morgan fingerprint density at radius 1 is 0.581 bits per heavy atom. The summed E-state index contributed by atoms with van der Waals surface area (Å²) in [5.41, 5.74) is 0. The molecule has 3 heterocycles. The van der Waals surface area contributed by atoms with E-state index in [4.69, 9.17) is 44.6 Å². The number of carboxylic acids is 1. The summed E-state index contributed by atoms with van der Waals surface area (Å²) in [7, 11) is -1.39. The van der Waals surface area contributed by atoms with E-state index in [-0.39, 0.29) is 108 Å². The molecule has 0 saturated carbocycles. The molecule has 3 aliphatic heterocycles. The van der Waals surface area contributed by atoms with Crippen molar-refractivity contribution in [3.8, 4) is 0 Å². The van der Waals surface area contributed by atoms with Crippen LogP contribution in [0.3, 0.4) is 0 Å². The van der Waals surface area contributed by atoms with Crippen LogP contribution >= 0.6 is 86.6 Å². The number of hydroxylamine groups is 2. The number of hydrogen-bond donors (Lipinski definition) is 4. The maximum atomic E-state index is 11.8. The van der Waals surface area contributed by atoms with Crippen molar-refractivity contribution in [2.24, 2.45) is 0 Å². The van der Waals surface area contributed by atoms with Gasteiger partial charge in [-0.1, -0.05) is 102 Å². The van der Waals surface area contributed by atoms with Crippen LogP contribution in [0, 0.1) is 0 Å². The molecule has 5 amide bonds. The molecule has 0 aliphatic carbocycles. The molecule has 4 N–H and O–H groups in total. The number of halogens is 5. The Bertz CT molecular complexity index is 2210. The Kier molecular flexibility index (Phi) is 40.6. The van der Waals surface area contributed by atoms with Crippen LogP contribution in [0.5, 0.6) is 0 Å². The molecule has 3 aliphatic rings. The standard InChI is InChI=1S/C18H30BrN3O5S.C14H18BrNO8.C12H24BrClO2Si.C10H15BrO6/c1-18(2,19)16(24)27-10-9-26-8-7-20-14(23)6-4-3-5-13-15-12(11-28-13)21-17(25)22-15;1-14(2,15)13(21)23-8-7-22-11(19)5-6-12(20)24-16-9(17)3-4-10(16)18;1-12(2,13)11(15)16-9-7-5-6-8-10-17(3,4)14;1-10(2,11)9(15)17-6-5-16-8(14)4-3-7(12)13/h12-13,15H,3-11H2,1-2H3,(H,20,23)(H2,21,22,25);3-8H2,1-2H3;5-10H2,1-4H3;3-6H2,1-2H3,(H,12,13). The van der Waals surface area contributed by atoms with E-state index in [2.05, 4.69) is 102 Å². The second-order valence-corrected chi connectivity index (χ2v) is 38.2. The molecule has 3 saturated heterocycles. The van der Waals surface area contributed by atoms with E-state index in [9.17, 15) is 57.5 Å². The molecule has 3 fully saturated rings. The van der Waals surface area contributed by atoms with Crippen molar-refractivity contribution in [3.05, 3.63) is 0 Å². The molecular formula is C54H87Br4ClN4O21SSi. The lowest BCUT2D eigenvalue weighted by Crippen LogP contribution is -2.36. The van der Waals surface area contributed by atoms with Crippen molar-refractivity contribution in [1.82, 2.24) is 21.0 Å². The second kappa shape index (κ2) is 42.4. The summed E-state index contributed by atoms with van der Waals surface area (Å²) in [4.78, 5) is 140. The summed E-state index contributed by atoms with van der Waals surface area (Å²) in [5.74, 6) is -4.94. The van der Waals surface area contributed by atoms with Gasteiger partial charge in [0.1, 0.15) is 57.7 Å². The number of fused-ring (bicyclic) bond motifs is 1. The molecule has 0 spiro atoms. The number of alkyl halides is 4. The number of imide groups is 1. The van der Waals surface area contributed by atoms with Gasteiger partial charge in [0, 0.05) is 36.8 Å². The summed E-state index contributed by atoms with van der Waals surface area (Å²) in [6, 6.07) is 1.58. The zero-order valence-corrected chi connectivity index (χ0v) is 59.7. The molecule has 494 valence electrons. The molecule has 32 heteroatoms. The zero-order chi connectivity index (χ0) is 65.9. The summed E-state index contributed by atoms with van der Waals surface area (Å²) < 4.78 is 31.8. The van der Waals surface area contributed by atoms with Gasteiger partial charge in [-0.05, 0) is 80.7 Å². The van der Waals surface area contributed by atoms with E-state index in [1.165, 1.54) is 18.9 Å². The second-order valence-electron chi connectivity index (χ2n) is 22.0. The summed E-state index contributed by atoms with van der Waals surface area (Å²) in [6.45, 7) is 19.3. The third-order valence-corrected chi connectivity index (χ3v) is 16.3. The number of carbonyl (C=O) groups excluding carboxylic acids is 11. The first-order valence-corrected chi connectivity index (χ1v) is 36.4. The van der Waals surface area contributed by atoms with Crippen LogP contribution in [0.15, 0.2) is 0 Å². The highest BCUT2D eigenvalue weighted by Gasteiger charge is 2.42. The Hall–Kier alpha value is -3.62. The van der Waals surface area contributed by atoms with Crippen molar-refractivity contribution in [3.63, 3.8) is 0 Å². The number of ether oxygens (including phenoxy) is 7. The zero-order valence-electron chi connectivity index (χ0n) is 50.8. The molecular weight excluding hydrogens is 1460 g/mol. The Morgan fingerprint density at radius 2 is 1.02 bits per heavy atom. The van der Waals surface area contributed by atoms with E-state index in [1.54, 1.807) is 55.4 Å².